The van der Waals surface area contributed by atoms with E-state index in [1.54, 1.807) is 35.2 Å². The summed E-state index contributed by atoms with van der Waals surface area (Å²) in [6, 6.07) is 10.8. The van der Waals surface area contributed by atoms with Gasteiger partial charge in [0.05, 0.1) is 7.11 Å². The quantitative estimate of drug-likeness (QED) is 0.879. The fourth-order valence-corrected chi connectivity index (χ4v) is 3.44. The van der Waals surface area contributed by atoms with E-state index in [-0.39, 0.29) is 17.6 Å². The fraction of sp³-hybridized carbons (Fsp3) is 0.333. The van der Waals surface area contributed by atoms with E-state index >= 15 is 0 Å². The topological polar surface area (TPSA) is 58.6 Å². The lowest BCUT2D eigenvalue weighted by atomic mass is 10.0. The van der Waals surface area contributed by atoms with Crippen molar-refractivity contribution in [2.24, 2.45) is 0 Å². The first-order valence-electron chi connectivity index (χ1n) is 9.07. The fourth-order valence-electron chi connectivity index (χ4n) is 3.44. The van der Waals surface area contributed by atoms with Gasteiger partial charge in [0.25, 0.3) is 5.91 Å². The van der Waals surface area contributed by atoms with Crippen molar-refractivity contribution in [3.63, 3.8) is 0 Å². The van der Waals surface area contributed by atoms with Gasteiger partial charge in [-0.15, -0.1) is 0 Å². The van der Waals surface area contributed by atoms with Gasteiger partial charge in [-0.1, -0.05) is 12.1 Å². The molecule has 1 heterocycles. The Labute approximate surface area is 158 Å². The molecule has 2 aromatic carbocycles. The normalized spacial score (nSPS) is 16.3. The van der Waals surface area contributed by atoms with E-state index in [2.05, 4.69) is 5.32 Å². The van der Waals surface area contributed by atoms with Crippen molar-refractivity contribution in [3.8, 4) is 16.9 Å². The molecule has 0 aromatic heterocycles. The molecule has 1 saturated heterocycles. The van der Waals surface area contributed by atoms with E-state index in [4.69, 9.17) is 4.74 Å². The number of ether oxygens (including phenoxy) is 1. The second-order valence-corrected chi connectivity index (χ2v) is 6.47. The van der Waals surface area contributed by atoms with Crippen molar-refractivity contribution >= 4 is 11.8 Å². The number of methoxy groups -OCH3 is 1. The van der Waals surface area contributed by atoms with Crippen molar-refractivity contribution in [3.05, 3.63) is 53.8 Å². The van der Waals surface area contributed by atoms with Crippen LogP contribution in [-0.2, 0) is 4.79 Å². The molecule has 0 radical (unpaired) electrons. The van der Waals surface area contributed by atoms with E-state index in [0.29, 0.717) is 36.4 Å². The van der Waals surface area contributed by atoms with Gasteiger partial charge >= 0.3 is 0 Å². The highest BCUT2D eigenvalue weighted by Crippen LogP contribution is 2.31. The number of halogens is 1. The molecule has 0 aliphatic carbocycles. The van der Waals surface area contributed by atoms with Gasteiger partial charge in [-0.25, -0.2) is 4.39 Å². The smallest absolute Gasteiger partial charge is 0.254 e. The molecule has 0 bridgehead atoms. The number of likely N-dealkylation sites (N-methyl/N-ethyl adjacent to an activating group) is 1. The third-order valence-electron chi connectivity index (χ3n) is 4.77. The number of nitrogens with one attached hydrogen (secondary N) is 1. The highest BCUT2D eigenvalue weighted by atomic mass is 19.1. The second kappa shape index (κ2) is 8.20. The van der Waals surface area contributed by atoms with Gasteiger partial charge in [0.2, 0.25) is 5.91 Å². The number of hydrogen-bond donors (Lipinski definition) is 1. The third-order valence-corrected chi connectivity index (χ3v) is 4.77. The molecule has 0 spiro atoms. The van der Waals surface area contributed by atoms with Crippen molar-refractivity contribution in [1.29, 1.82) is 0 Å². The average molecular weight is 370 g/mol. The molecule has 1 aliphatic rings. The number of benzene rings is 2. The molecule has 6 heteroatoms. The average Bonchev–Trinajstić information content (AvgIpc) is 3.17. The molecule has 1 N–H and O–H groups in total. The minimum atomic E-state index is -0.416. The summed E-state index contributed by atoms with van der Waals surface area (Å²) >= 11 is 0. The summed E-state index contributed by atoms with van der Waals surface area (Å²) in [7, 11) is 1.53. The molecular formula is C21H23FN2O3. The van der Waals surface area contributed by atoms with Gasteiger partial charge in [0.15, 0.2) is 0 Å². The number of rotatable bonds is 5. The number of hydrogen-bond acceptors (Lipinski definition) is 3. The molecule has 1 atom stereocenters. The molecule has 27 heavy (non-hydrogen) atoms. The van der Waals surface area contributed by atoms with Crippen LogP contribution in [0.15, 0.2) is 42.5 Å². The Kier molecular flexibility index (Phi) is 5.74. The third kappa shape index (κ3) is 3.94. The summed E-state index contributed by atoms with van der Waals surface area (Å²) in [6.45, 7) is 2.97. The van der Waals surface area contributed by atoms with Crippen molar-refractivity contribution in [2.75, 3.05) is 20.2 Å². The molecular weight excluding hydrogens is 347 g/mol. The standard InChI is InChI=1S/C21H23FN2O3/c1-3-23-20(25)18-5-4-12-24(18)21(26)15-8-6-14(7-9-15)17-13-16(22)10-11-19(17)27-2/h6-11,13,18H,3-5,12H2,1-2H3,(H,23,25)/t18-/m0/s1. The maximum Gasteiger partial charge on any atom is 0.254 e. The Morgan fingerprint density at radius 2 is 1.96 bits per heavy atom. The number of nitrogens with zero attached hydrogens (tertiary/aromatic N) is 1. The predicted molar refractivity (Wildman–Crippen MR) is 101 cm³/mol. The molecule has 1 aliphatic heterocycles. The van der Waals surface area contributed by atoms with E-state index in [0.717, 1.165) is 12.0 Å². The summed E-state index contributed by atoms with van der Waals surface area (Å²) < 4.78 is 18.9. The summed E-state index contributed by atoms with van der Waals surface area (Å²) in [6.07, 6.45) is 1.49. The largest absolute Gasteiger partial charge is 0.496 e. The van der Waals surface area contributed by atoms with Crippen LogP contribution in [0, 0.1) is 5.82 Å². The van der Waals surface area contributed by atoms with Gasteiger partial charge in [0, 0.05) is 24.2 Å². The molecule has 3 rings (SSSR count). The van der Waals surface area contributed by atoms with E-state index in [9.17, 15) is 14.0 Å². The van der Waals surface area contributed by atoms with Gasteiger partial charge in [-0.3, -0.25) is 9.59 Å². The zero-order valence-electron chi connectivity index (χ0n) is 15.5. The van der Waals surface area contributed by atoms with Crippen LogP contribution in [0.25, 0.3) is 11.1 Å². The predicted octanol–water partition coefficient (Wildman–Crippen LogP) is 3.24. The van der Waals surface area contributed by atoms with Crippen LogP contribution in [0.2, 0.25) is 0 Å². The van der Waals surface area contributed by atoms with Crippen molar-refractivity contribution in [1.82, 2.24) is 10.2 Å². The van der Waals surface area contributed by atoms with E-state index in [1.165, 1.54) is 19.2 Å². The number of carbonyl (C=O) groups is 2. The Morgan fingerprint density at radius 3 is 2.63 bits per heavy atom. The number of likely N-dealkylation sites (tertiary alicyclic amines) is 1. The Bertz CT molecular complexity index is 836. The molecule has 142 valence electrons. The second-order valence-electron chi connectivity index (χ2n) is 6.47. The van der Waals surface area contributed by atoms with Crippen LogP contribution in [0.1, 0.15) is 30.1 Å². The number of amides is 2. The van der Waals surface area contributed by atoms with E-state index in [1.807, 2.05) is 6.92 Å². The van der Waals surface area contributed by atoms with Crippen LogP contribution < -0.4 is 10.1 Å². The lowest BCUT2D eigenvalue weighted by Gasteiger charge is -2.24. The van der Waals surface area contributed by atoms with Crippen LogP contribution in [0.4, 0.5) is 4.39 Å². The number of carbonyl (C=O) groups excluding carboxylic acids is 2. The minimum Gasteiger partial charge on any atom is -0.496 e. The summed E-state index contributed by atoms with van der Waals surface area (Å²) in [4.78, 5) is 26.7. The van der Waals surface area contributed by atoms with Gasteiger partial charge in [-0.05, 0) is 55.7 Å². The Balaban J connectivity index is 1.82. The maximum absolute atomic E-state index is 13.6. The molecule has 2 aromatic rings. The zero-order valence-corrected chi connectivity index (χ0v) is 15.5. The van der Waals surface area contributed by atoms with Gasteiger partial charge in [0.1, 0.15) is 17.6 Å². The highest BCUT2D eigenvalue weighted by molar-refractivity contribution is 5.98. The summed E-state index contributed by atoms with van der Waals surface area (Å²) in [5.41, 5.74) is 1.88. The Hall–Kier alpha value is -2.89. The monoisotopic (exact) mass is 370 g/mol. The summed E-state index contributed by atoms with van der Waals surface area (Å²) in [5.74, 6) is -0.0647. The zero-order chi connectivity index (χ0) is 19.4. The molecule has 0 unspecified atom stereocenters. The minimum absolute atomic E-state index is 0.107. The SMILES string of the molecule is CCNC(=O)[C@@H]1CCCN1C(=O)c1ccc(-c2cc(F)ccc2OC)cc1. The molecule has 5 nitrogen and oxygen atoms in total. The lowest BCUT2D eigenvalue weighted by molar-refractivity contribution is -0.124. The maximum atomic E-state index is 13.6. The van der Waals surface area contributed by atoms with E-state index < -0.39 is 6.04 Å². The van der Waals surface area contributed by atoms with Crippen LogP contribution in [-0.4, -0.2) is 43.0 Å². The molecule has 1 fully saturated rings. The molecule has 2 amide bonds. The van der Waals surface area contributed by atoms with Crippen LogP contribution in [0.3, 0.4) is 0 Å². The van der Waals surface area contributed by atoms with Crippen LogP contribution >= 0.6 is 0 Å². The lowest BCUT2D eigenvalue weighted by Crippen LogP contribution is -2.45. The first-order chi connectivity index (χ1) is 13.0. The van der Waals surface area contributed by atoms with Gasteiger partial charge < -0.3 is 15.0 Å². The Morgan fingerprint density at radius 1 is 1.22 bits per heavy atom. The highest BCUT2D eigenvalue weighted by Gasteiger charge is 2.34. The first-order valence-corrected chi connectivity index (χ1v) is 9.07. The molecule has 0 saturated carbocycles. The summed E-state index contributed by atoms with van der Waals surface area (Å²) in [5, 5.41) is 2.79. The van der Waals surface area contributed by atoms with Crippen molar-refractivity contribution < 1.29 is 18.7 Å². The van der Waals surface area contributed by atoms with Crippen molar-refractivity contribution in [2.45, 2.75) is 25.8 Å². The van der Waals surface area contributed by atoms with Crippen LogP contribution in [0.5, 0.6) is 5.75 Å². The van der Waals surface area contributed by atoms with Gasteiger partial charge in [-0.2, -0.15) is 0 Å². The first kappa shape index (κ1) is 18.9.